The van der Waals surface area contributed by atoms with Crippen molar-refractivity contribution in [1.82, 2.24) is 5.32 Å². The second-order valence-corrected chi connectivity index (χ2v) is 14.0. The molecule has 1 saturated carbocycles. The first-order valence-electron chi connectivity index (χ1n) is 8.88. The highest BCUT2D eigenvalue weighted by Crippen LogP contribution is 2.45. The first-order valence-corrected chi connectivity index (χ1v) is 11.8. The third-order valence-electron chi connectivity index (χ3n) is 5.63. The van der Waals surface area contributed by atoms with E-state index in [0.29, 0.717) is 11.8 Å². The highest BCUT2D eigenvalue weighted by atomic mass is 28.4. The van der Waals surface area contributed by atoms with E-state index in [0.717, 1.165) is 19.4 Å². The number of alkyl carbamates (subject to hydrolysis) is 1. The van der Waals surface area contributed by atoms with Gasteiger partial charge < -0.3 is 14.5 Å². The second kappa shape index (κ2) is 7.14. The first kappa shape index (κ1) is 20.5. The van der Waals surface area contributed by atoms with Crippen molar-refractivity contribution >= 4 is 14.4 Å². The van der Waals surface area contributed by atoms with Gasteiger partial charge in [-0.1, -0.05) is 27.7 Å². The molecule has 0 radical (unpaired) electrons. The van der Waals surface area contributed by atoms with Gasteiger partial charge in [0, 0.05) is 12.6 Å². The van der Waals surface area contributed by atoms with Crippen molar-refractivity contribution in [1.29, 1.82) is 0 Å². The van der Waals surface area contributed by atoms with Crippen LogP contribution in [0, 0.1) is 11.8 Å². The lowest BCUT2D eigenvalue weighted by Gasteiger charge is -2.44. The van der Waals surface area contributed by atoms with Crippen LogP contribution >= 0.6 is 0 Å². The number of hydrogen-bond acceptors (Lipinski definition) is 3. The maximum absolute atomic E-state index is 11.7. The summed E-state index contributed by atoms with van der Waals surface area (Å²) in [6.07, 6.45) is 1.68. The molecule has 1 amide bonds. The fourth-order valence-electron chi connectivity index (χ4n) is 2.67. The van der Waals surface area contributed by atoms with Crippen LogP contribution in [0.25, 0.3) is 0 Å². The molecule has 0 heterocycles. The molecule has 0 saturated heterocycles. The Morgan fingerprint density at radius 2 is 1.70 bits per heavy atom. The molecular weight excluding hydrogens is 306 g/mol. The zero-order valence-corrected chi connectivity index (χ0v) is 17.6. The molecule has 0 spiro atoms. The van der Waals surface area contributed by atoms with Crippen molar-refractivity contribution < 1.29 is 14.0 Å². The molecule has 0 unspecified atom stereocenters. The summed E-state index contributed by atoms with van der Waals surface area (Å²) in [6, 6.07) is 0.237. The predicted octanol–water partition coefficient (Wildman–Crippen LogP) is 4.95. The van der Waals surface area contributed by atoms with Crippen LogP contribution in [0.1, 0.15) is 61.3 Å². The van der Waals surface area contributed by atoms with Gasteiger partial charge in [0.1, 0.15) is 5.60 Å². The van der Waals surface area contributed by atoms with Gasteiger partial charge in [-0.25, -0.2) is 4.79 Å². The Morgan fingerprint density at radius 1 is 1.17 bits per heavy atom. The van der Waals surface area contributed by atoms with E-state index in [-0.39, 0.29) is 17.2 Å². The molecule has 1 rings (SSSR count). The first-order chi connectivity index (χ1) is 10.2. The van der Waals surface area contributed by atoms with Crippen LogP contribution in [0.2, 0.25) is 18.1 Å². The number of amides is 1. The average Bonchev–Trinajstić information content (AvgIpc) is 2.28. The minimum atomic E-state index is -1.74. The van der Waals surface area contributed by atoms with Crippen LogP contribution < -0.4 is 5.32 Å². The fraction of sp³-hybridized carbons (Fsp3) is 0.944. The maximum atomic E-state index is 11.7. The third kappa shape index (κ3) is 5.78. The predicted molar refractivity (Wildman–Crippen MR) is 98.2 cm³/mol. The molecule has 0 aromatic rings. The van der Waals surface area contributed by atoms with E-state index in [1.54, 1.807) is 0 Å². The van der Waals surface area contributed by atoms with E-state index in [4.69, 9.17) is 9.16 Å². The zero-order valence-electron chi connectivity index (χ0n) is 16.6. The Morgan fingerprint density at radius 3 is 2.13 bits per heavy atom. The normalized spacial score (nSPS) is 22.7. The van der Waals surface area contributed by atoms with Gasteiger partial charge in [0.25, 0.3) is 0 Å². The summed E-state index contributed by atoms with van der Waals surface area (Å²) < 4.78 is 11.7. The van der Waals surface area contributed by atoms with E-state index >= 15 is 0 Å². The summed E-state index contributed by atoms with van der Waals surface area (Å²) in [5.41, 5.74) is -0.436. The number of ether oxygens (including phenoxy) is 1. The minimum absolute atomic E-state index is 0.237. The highest BCUT2D eigenvalue weighted by molar-refractivity contribution is 6.74. The smallest absolute Gasteiger partial charge is 0.407 e. The molecule has 0 bridgehead atoms. The summed E-state index contributed by atoms with van der Waals surface area (Å²) in [6.45, 7) is 20.3. The van der Waals surface area contributed by atoms with Gasteiger partial charge in [0.15, 0.2) is 8.32 Å². The third-order valence-corrected chi connectivity index (χ3v) is 10.2. The van der Waals surface area contributed by atoms with Gasteiger partial charge in [-0.05, 0) is 63.6 Å². The van der Waals surface area contributed by atoms with Crippen molar-refractivity contribution in [2.75, 3.05) is 6.61 Å². The highest BCUT2D eigenvalue weighted by Gasteiger charge is 2.44. The van der Waals surface area contributed by atoms with Crippen molar-refractivity contribution in [2.45, 2.75) is 91.1 Å². The Balaban J connectivity index is 2.32. The summed E-state index contributed by atoms with van der Waals surface area (Å²) in [5, 5.41) is 3.20. The Hall–Kier alpha value is -0.553. The van der Waals surface area contributed by atoms with Gasteiger partial charge >= 0.3 is 6.09 Å². The van der Waals surface area contributed by atoms with E-state index in [1.807, 2.05) is 20.8 Å². The van der Waals surface area contributed by atoms with E-state index in [2.05, 4.69) is 46.1 Å². The number of carbonyl (C=O) groups excluding carboxylic acids is 1. The summed E-state index contributed by atoms with van der Waals surface area (Å²) in [4.78, 5) is 11.7. The number of hydrogen-bond donors (Lipinski definition) is 1. The molecule has 136 valence electrons. The molecular formula is C18H37NO3Si. The molecule has 1 aliphatic rings. The van der Waals surface area contributed by atoms with Crippen molar-refractivity contribution in [3.63, 3.8) is 0 Å². The van der Waals surface area contributed by atoms with Crippen molar-refractivity contribution in [3.05, 3.63) is 0 Å². The standard InChI is InChI=1S/C18H37NO3Si/c1-13(2)18(6,7)23(8,9)21-12-14-10-15(11-14)19-16(20)22-17(3,4)5/h13-15H,10-12H2,1-9H3,(H,19,20)/t14-,15-. The van der Waals surface area contributed by atoms with Gasteiger partial charge in [-0.3, -0.25) is 0 Å². The Kier molecular flexibility index (Phi) is 6.36. The number of rotatable bonds is 6. The van der Waals surface area contributed by atoms with Crippen molar-refractivity contribution in [3.8, 4) is 0 Å². The lowest BCUT2D eigenvalue weighted by Crippen LogP contribution is -2.50. The van der Waals surface area contributed by atoms with E-state index in [1.165, 1.54) is 0 Å². The van der Waals surface area contributed by atoms with Crippen molar-refractivity contribution in [2.24, 2.45) is 11.8 Å². The van der Waals surface area contributed by atoms with Gasteiger partial charge in [0.2, 0.25) is 0 Å². The van der Waals surface area contributed by atoms with Gasteiger partial charge in [0.05, 0.1) is 0 Å². The molecule has 0 aromatic carbocycles. The quantitative estimate of drug-likeness (QED) is 0.694. The Bertz CT molecular complexity index is 407. The average molecular weight is 344 g/mol. The molecule has 1 N–H and O–H groups in total. The van der Waals surface area contributed by atoms with E-state index in [9.17, 15) is 4.79 Å². The lowest BCUT2D eigenvalue weighted by atomic mass is 9.81. The largest absolute Gasteiger partial charge is 0.444 e. The Labute approximate surface area is 143 Å². The summed E-state index contributed by atoms with van der Waals surface area (Å²) in [5.74, 6) is 1.18. The van der Waals surface area contributed by atoms with Gasteiger partial charge in [-0.2, -0.15) is 0 Å². The van der Waals surface area contributed by atoms with Crippen LogP contribution in [-0.4, -0.2) is 32.7 Å². The summed E-state index contributed by atoms with van der Waals surface area (Å²) in [7, 11) is -1.74. The topological polar surface area (TPSA) is 47.6 Å². The molecule has 4 nitrogen and oxygen atoms in total. The van der Waals surface area contributed by atoms with Crippen LogP contribution in [0.4, 0.5) is 4.79 Å². The van der Waals surface area contributed by atoms with Crippen LogP contribution in [0.5, 0.6) is 0 Å². The molecule has 0 aliphatic heterocycles. The minimum Gasteiger partial charge on any atom is -0.444 e. The molecule has 1 aliphatic carbocycles. The molecule has 1 fully saturated rings. The molecule has 5 heteroatoms. The monoisotopic (exact) mass is 343 g/mol. The molecule has 0 aromatic heterocycles. The van der Waals surface area contributed by atoms with E-state index < -0.39 is 13.9 Å². The zero-order chi connectivity index (χ0) is 18.1. The second-order valence-electron chi connectivity index (χ2n) is 9.38. The lowest BCUT2D eigenvalue weighted by molar-refractivity contribution is 0.0422. The summed E-state index contributed by atoms with van der Waals surface area (Å²) >= 11 is 0. The molecule has 23 heavy (non-hydrogen) atoms. The maximum Gasteiger partial charge on any atom is 0.407 e. The van der Waals surface area contributed by atoms with Crippen LogP contribution in [-0.2, 0) is 9.16 Å². The van der Waals surface area contributed by atoms with Crippen LogP contribution in [0.3, 0.4) is 0 Å². The fourth-order valence-corrected chi connectivity index (χ4v) is 5.09. The SMILES string of the molecule is CC(C)C(C)(C)[Si](C)(C)OC[C@H]1C[C@H](NC(=O)OC(C)(C)C)C1. The van der Waals surface area contributed by atoms with Gasteiger partial charge in [-0.15, -0.1) is 0 Å². The number of nitrogens with one attached hydrogen (secondary N) is 1. The van der Waals surface area contributed by atoms with Crippen LogP contribution in [0.15, 0.2) is 0 Å². The molecule has 0 atom stereocenters. The number of carbonyl (C=O) groups is 1.